The van der Waals surface area contributed by atoms with Gasteiger partial charge in [-0.05, 0) is 43.7 Å². The highest BCUT2D eigenvalue weighted by atomic mass is 35.5. The number of aromatic nitrogens is 3. The predicted molar refractivity (Wildman–Crippen MR) is 86.9 cm³/mol. The maximum absolute atomic E-state index is 13.1. The van der Waals surface area contributed by atoms with Gasteiger partial charge in [-0.2, -0.15) is 13.2 Å². The van der Waals surface area contributed by atoms with Gasteiger partial charge < -0.3 is 10.2 Å². The van der Waals surface area contributed by atoms with E-state index in [1.54, 1.807) is 19.1 Å². The summed E-state index contributed by atoms with van der Waals surface area (Å²) in [5.41, 5.74) is 5.37. The van der Waals surface area contributed by atoms with E-state index in [0.717, 1.165) is 6.07 Å². The SMILES string of the molecule is Cc1cc(-c2c(Cl)nc(N)nc2-c2ccc(C)o2)cc(C(F)(F)F)n1. The second kappa shape index (κ2) is 6.03. The Morgan fingerprint density at radius 3 is 2.40 bits per heavy atom. The molecule has 0 unspecified atom stereocenters. The summed E-state index contributed by atoms with van der Waals surface area (Å²) in [5, 5.41) is -0.0738. The van der Waals surface area contributed by atoms with Crippen molar-refractivity contribution in [1.82, 2.24) is 15.0 Å². The minimum atomic E-state index is -4.59. The van der Waals surface area contributed by atoms with E-state index < -0.39 is 11.9 Å². The van der Waals surface area contributed by atoms with Crippen LogP contribution in [0.25, 0.3) is 22.6 Å². The molecule has 0 fully saturated rings. The number of furan rings is 1. The van der Waals surface area contributed by atoms with Crippen LogP contribution in [0.2, 0.25) is 5.15 Å². The van der Waals surface area contributed by atoms with Gasteiger partial charge in [-0.15, -0.1) is 0 Å². The molecule has 0 atom stereocenters. The molecule has 25 heavy (non-hydrogen) atoms. The number of aryl methyl sites for hydroxylation is 2. The molecule has 0 aliphatic carbocycles. The molecule has 0 saturated carbocycles. The monoisotopic (exact) mass is 368 g/mol. The molecule has 0 saturated heterocycles. The summed E-state index contributed by atoms with van der Waals surface area (Å²) in [6.45, 7) is 3.19. The standard InChI is InChI=1S/C16H12ClF3N4O/c1-7-5-9(6-11(22-7)16(18,19)20)12-13(10-4-3-8(2)25-10)23-15(21)24-14(12)17/h3-6H,1-2H3,(H2,21,23,24). The smallest absolute Gasteiger partial charge is 0.433 e. The van der Waals surface area contributed by atoms with Gasteiger partial charge in [0.25, 0.3) is 0 Å². The van der Waals surface area contributed by atoms with Crippen molar-refractivity contribution in [2.75, 3.05) is 5.73 Å². The summed E-state index contributed by atoms with van der Waals surface area (Å²) in [6.07, 6.45) is -4.59. The van der Waals surface area contributed by atoms with Crippen molar-refractivity contribution in [3.05, 3.63) is 46.6 Å². The summed E-state index contributed by atoms with van der Waals surface area (Å²) in [4.78, 5) is 11.5. The fraction of sp³-hybridized carbons (Fsp3) is 0.188. The Morgan fingerprint density at radius 1 is 1.08 bits per heavy atom. The van der Waals surface area contributed by atoms with Crippen molar-refractivity contribution in [3.8, 4) is 22.6 Å². The molecule has 0 amide bonds. The first-order chi connectivity index (χ1) is 11.6. The van der Waals surface area contributed by atoms with Gasteiger partial charge in [-0.1, -0.05) is 11.6 Å². The Labute approximate surface area is 145 Å². The number of rotatable bonds is 2. The van der Waals surface area contributed by atoms with E-state index in [4.69, 9.17) is 21.8 Å². The van der Waals surface area contributed by atoms with Gasteiger partial charge in [0.15, 0.2) is 5.76 Å². The average Bonchev–Trinajstić information content (AvgIpc) is 2.91. The molecule has 130 valence electrons. The number of halogens is 4. The van der Waals surface area contributed by atoms with Gasteiger partial charge >= 0.3 is 6.18 Å². The first-order valence-corrected chi connectivity index (χ1v) is 7.49. The Balaban J connectivity index is 2.29. The molecular weight excluding hydrogens is 357 g/mol. The summed E-state index contributed by atoms with van der Waals surface area (Å²) in [7, 11) is 0. The van der Waals surface area contributed by atoms with Crippen molar-refractivity contribution >= 4 is 17.5 Å². The van der Waals surface area contributed by atoms with E-state index >= 15 is 0 Å². The first-order valence-electron chi connectivity index (χ1n) is 7.11. The van der Waals surface area contributed by atoms with Crippen LogP contribution < -0.4 is 5.73 Å². The zero-order valence-electron chi connectivity index (χ0n) is 13.1. The number of hydrogen-bond donors (Lipinski definition) is 1. The van der Waals surface area contributed by atoms with E-state index in [1.807, 2.05) is 0 Å². The Bertz CT molecular complexity index is 953. The van der Waals surface area contributed by atoms with Crippen molar-refractivity contribution in [1.29, 1.82) is 0 Å². The van der Waals surface area contributed by atoms with E-state index in [-0.39, 0.29) is 33.6 Å². The normalized spacial score (nSPS) is 11.8. The third-order valence-electron chi connectivity index (χ3n) is 3.39. The molecule has 0 aromatic carbocycles. The zero-order valence-corrected chi connectivity index (χ0v) is 13.9. The molecule has 0 radical (unpaired) electrons. The molecule has 2 N–H and O–H groups in total. The summed E-state index contributed by atoms with van der Waals surface area (Å²) in [6, 6.07) is 5.70. The van der Waals surface area contributed by atoms with Gasteiger partial charge in [-0.25, -0.2) is 15.0 Å². The Morgan fingerprint density at radius 2 is 1.80 bits per heavy atom. The largest absolute Gasteiger partial charge is 0.460 e. The van der Waals surface area contributed by atoms with Crippen LogP contribution in [0.3, 0.4) is 0 Å². The molecule has 0 aliphatic rings. The zero-order chi connectivity index (χ0) is 18.4. The maximum Gasteiger partial charge on any atom is 0.433 e. The third kappa shape index (κ3) is 3.43. The Hall–Kier alpha value is -2.61. The molecule has 3 heterocycles. The van der Waals surface area contributed by atoms with Gasteiger partial charge in [-0.3, -0.25) is 0 Å². The molecule has 0 aliphatic heterocycles. The van der Waals surface area contributed by atoms with Crippen LogP contribution >= 0.6 is 11.6 Å². The van der Waals surface area contributed by atoms with Gasteiger partial charge in [0, 0.05) is 11.3 Å². The van der Waals surface area contributed by atoms with Crippen LogP contribution in [0.5, 0.6) is 0 Å². The minimum Gasteiger partial charge on any atom is -0.460 e. The fourth-order valence-electron chi connectivity index (χ4n) is 2.40. The number of nitrogen functional groups attached to an aromatic ring is 1. The van der Waals surface area contributed by atoms with Crippen LogP contribution in [0.15, 0.2) is 28.7 Å². The highest BCUT2D eigenvalue weighted by Gasteiger charge is 2.33. The fourth-order valence-corrected chi connectivity index (χ4v) is 2.69. The molecule has 5 nitrogen and oxygen atoms in total. The summed E-state index contributed by atoms with van der Waals surface area (Å²) >= 11 is 6.17. The maximum atomic E-state index is 13.1. The lowest BCUT2D eigenvalue weighted by atomic mass is 10.0. The van der Waals surface area contributed by atoms with Gasteiger partial charge in [0.1, 0.15) is 22.3 Å². The van der Waals surface area contributed by atoms with E-state index in [2.05, 4.69) is 15.0 Å². The van der Waals surface area contributed by atoms with Crippen molar-refractivity contribution in [2.45, 2.75) is 20.0 Å². The van der Waals surface area contributed by atoms with Crippen LogP contribution in [-0.4, -0.2) is 15.0 Å². The molecule has 3 aromatic rings. The van der Waals surface area contributed by atoms with Crippen molar-refractivity contribution in [3.63, 3.8) is 0 Å². The lowest BCUT2D eigenvalue weighted by molar-refractivity contribution is -0.141. The Kier molecular flexibility index (Phi) is 4.16. The molecular formula is C16H12ClF3N4O. The topological polar surface area (TPSA) is 77.8 Å². The van der Waals surface area contributed by atoms with Crippen molar-refractivity contribution < 1.29 is 17.6 Å². The molecule has 0 bridgehead atoms. The van der Waals surface area contributed by atoms with Gasteiger partial charge in [0.2, 0.25) is 5.95 Å². The summed E-state index contributed by atoms with van der Waals surface area (Å²) in [5.74, 6) is 0.822. The highest BCUT2D eigenvalue weighted by molar-refractivity contribution is 6.32. The van der Waals surface area contributed by atoms with Gasteiger partial charge in [0.05, 0.1) is 0 Å². The second-order valence-corrected chi connectivity index (χ2v) is 5.74. The second-order valence-electron chi connectivity index (χ2n) is 5.39. The lowest BCUT2D eigenvalue weighted by Crippen LogP contribution is -2.09. The quantitative estimate of drug-likeness (QED) is 0.665. The van der Waals surface area contributed by atoms with Crippen LogP contribution in [0.4, 0.5) is 19.1 Å². The number of pyridine rings is 1. The predicted octanol–water partition coefficient (Wildman–Crippen LogP) is 4.67. The number of hydrogen-bond acceptors (Lipinski definition) is 5. The highest BCUT2D eigenvalue weighted by Crippen LogP contribution is 2.39. The van der Waals surface area contributed by atoms with Crippen LogP contribution in [-0.2, 0) is 6.18 Å². The third-order valence-corrected chi connectivity index (χ3v) is 3.66. The molecule has 0 spiro atoms. The number of alkyl halides is 3. The summed E-state index contributed by atoms with van der Waals surface area (Å²) < 4.78 is 44.8. The number of nitrogens with zero attached hydrogens (tertiary/aromatic N) is 3. The number of nitrogens with two attached hydrogens (primary N) is 1. The first kappa shape index (κ1) is 17.2. The molecule has 9 heteroatoms. The lowest BCUT2D eigenvalue weighted by Gasteiger charge is -2.13. The average molecular weight is 369 g/mol. The van der Waals surface area contributed by atoms with E-state index in [0.29, 0.717) is 11.5 Å². The number of anilines is 1. The van der Waals surface area contributed by atoms with Crippen LogP contribution in [0.1, 0.15) is 17.1 Å². The van der Waals surface area contributed by atoms with Crippen molar-refractivity contribution in [2.24, 2.45) is 0 Å². The molecule has 3 rings (SSSR count). The van der Waals surface area contributed by atoms with E-state index in [1.165, 1.54) is 13.0 Å². The van der Waals surface area contributed by atoms with Crippen LogP contribution in [0, 0.1) is 13.8 Å². The van der Waals surface area contributed by atoms with E-state index in [9.17, 15) is 13.2 Å². The molecule has 3 aromatic heterocycles. The minimum absolute atomic E-state index is 0.0738.